The quantitative estimate of drug-likeness (QED) is 0.851. The van der Waals surface area contributed by atoms with Crippen molar-refractivity contribution < 1.29 is 19.4 Å². The number of ether oxygens (including phenoxy) is 1. The molecule has 1 heterocycles. The zero-order valence-corrected chi connectivity index (χ0v) is 12.9. The third-order valence-corrected chi connectivity index (χ3v) is 3.56. The minimum atomic E-state index is -1.21. The number of carboxylic acid groups (broad SMARTS) is 1. The molecule has 0 saturated heterocycles. The molecule has 1 aromatic carbocycles. The molecule has 0 spiro atoms. The van der Waals surface area contributed by atoms with Crippen LogP contribution < -0.4 is 0 Å². The van der Waals surface area contributed by atoms with Crippen LogP contribution in [0.4, 0.5) is 0 Å². The lowest BCUT2D eigenvalue weighted by Crippen LogP contribution is -2.14. The summed E-state index contributed by atoms with van der Waals surface area (Å²) in [5.74, 6) is -1.98. The van der Waals surface area contributed by atoms with E-state index in [0.717, 1.165) is 0 Å². The lowest BCUT2D eigenvalue weighted by atomic mass is 10.1. The summed E-state index contributed by atoms with van der Waals surface area (Å²) < 4.78 is 5.28. The Labute approximate surface area is 136 Å². The second-order valence-electron chi connectivity index (χ2n) is 4.42. The molecule has 0 aliphatic rings. The van der Waals surface area contributed by atoms with Crippen LogP contribution in [0.15, 0.2) is 36.7 Å². The fraction of sp³-hybridized carbons (Fsp3) is 0.133. The maximum absolute atomic E-state index is 12.2. The molecule has 0 bridgehead atoms. The van der Waals surface area contributed by atoms with Crippen LogP contribution in [0, 0.1) is 0 Å². The Morgan fingerprint density at radius 1 is 1.14 bits per heavy atom. The molecular weight excluding hydrogens is 329 g/mol. The highest BCUT2D eigenvalue weighted by atomic mass is 35.5. The van der Waals surface area contributed by atoms with Gasteiger partial charge in [-0.05, 0) is 19.1 Å². The SMILES string of the molecule is CC(OC(=O)c1ccccc1C(=O)O)c1c(Cl)cncc1Cl. The summed E-state index contributed by atoms with van der Waals surface area (Å²) in [6, 6.07) is 5.80. The second-order valence-corrected chi connectivity index (χ2v) is 5.23. The van der Waals surface area contributed by atoms with Crippen molar-refractivity contribution in [2.75, 3.05) is 0 Å². The predicted molar refractivity (Wildman–Crippen MR) is 81.5 cm³/mol. The van der Waals surface area contributed by atoms with Gasteiger partial charge in [0.2, 0.25) is 0 Å². The number of benzene rings is 1. The summed E-state index contributed by atoms with van der Waals surface area (Å²) in [6.07, 6.45) is 2.02. The number of hydrogen-bond acceptors (Lipinski definition) is 4. The number of aromatic nitrogens is 1. The molecule has 7 heteroatoms. The molecule has 114 valence electrons. The molecule has 0 amide bonds. The van der Waals surface area contributed by atoms with Gasteiger partial charge in [0.1, 0.15) is 6.10 Å². The van der Waals surface area contributed by atoms with Crippen molar-refractivity contribution in [1.82, 2.24) is 4.98 Å². The molecule has 5 nitrogen and oxygen atoms in total. The van der Waals surface area contributed by atoms with Gasteiger partial charge in [0.25, 0.3) is 0 Å². The van der Waals surface area contributed by atoms with Crippen molar-refractivity contribution in [1.29, 1.82) is 0 Å². The highest BCUT2D eigenvalue weighted by Crippen LogP contribution is 2.31. The highest BCUT2D eigenvalue weighted by molar-refractivity contribution is 6.35. The number of nitrogens with zero attached hydrogens (tertiary/aromatic N) is 1. The topological polar surface area (TPSA) is 76.5 Å². The van der Waals surface area contributed by atoms with Gasteiger partial charge in [-0.1, -0.05) is 35.3 Å². The molecule has 0 aliphatic carbocycles. The molecule has 2 aromatic rings. The monoisotopic (exact) mass is 339 g/mol. The average Bonchev–Trinajstić information content (AvgIpc) is 2.46. The Morgan fingerprint density at radius 3 is 2.23 bits per heavy atom. The first-order valence-electron chi connectivity index (χ1n) is 6.24. The third-order valence-electron chi connectivity index (χ3n) is 2.96. The van der Waals surface area contributed by atoms with Gasteiger partial charge in [0.15, 0.2) is 0 Å². The number of rotatable bonds is 4. The molecule has 1 N–H and O–H groups in total. The van der Waals surface area contributed by atoms with Crippen molar-refractivity contribution >= 4 is 35.1 Å². The molecular formula is C15H11Cl2NO4. The number of carbonyl (C=O) groups excluding carboxylic acids is 1. The number of carboxylic acids is 1. The van der Waals surface area contributed by atoms with Gasteiger partial charge in [-0.15, -0.1) is 0 Å². The van der Waals surface area contributed by atoms with Crippen LogP contribution in [0.5, 0.6) is 0 Å². The molecule has 0 aliphatic heterocycles. The van der Waals surface area contributed by atoms with Crippen molar-refractivity contribution in [2.24, 2.45) is 0 Å². The van der Waals surface area contributed by atoms with E-state index < -0.39 is 18.0 Å². The maximum Gasteiger partial charge on any atom is 0.339 e. The summed E-state index contributed by atoms with van der Waals surface area (Å²) in [4.78, 5) is 27.1. The van der Waals surface area contributed by atoms with E-state index in [0.29, 0.717) is 5.56 Å². The molecule has 1 unspecified atom stereocenters. The van der Waals surface area contributed by atoms with Gasteiger partial charge in [0, 0.05) is 18.0 Å². The second kappa shape index (κ2) is 6.77. The Balaban J connectivity index is 2.28. The van der Waals surface area contributed by atoms with Crippen LogP contribution in [0.1, 0.15) is 39.3 Å². The first kappa shape index (κ1) is 16.3. The smallest absolute Gasteiger partial charge is 0.339 e. The Morgan fingerprint density at radius 2 is 1.68 bits per heavy atom. The maximum atomic E-state index is 12.2. The molecule has 1 aromatic heterocycles. The van der Waals surface area contributed by atoms with E-state index >= 15 is 0 Å². The number of pyridine rings is 1. The van der Waals surface area contributed by atoms with E-state index in [-0.39, 0.29) is 21.2 Å². The van der Waals surface area contributed by atoms with Gasteiger partial charge in [-0.3, -0.25) is 4.98 Å². The van der Waals surface area contributed by atoms with Crippen molar-refractivity contribution in [3.8, 4) is 0 Å². The first-order chi connectivity index (χ1) is 10.4. The largest absolute Gasteiger partial charge is 0.478 e. The van der Waals surface area contributed by atoms with Crippen LogP contribution in [-0.4, -0.2) is 22.0 Å². The van der Waals surface area contributed by atoms with Crippen LogP contribution >= 0.6 is 23.2 Å². The molecule has 22 heavy (non-hydrogen) atoms. The molecule has 2 rings (SSSR count). The summed E-state index contributed by atoms with van der Waals surface area (Å²) in [6.45, 7) is 1.59. The zero-order chi connectivity index (χ0) is 16.3. The van der Waals surface area contributed by atoms with E-state index in [4.69, 9.17) is 33.0 Å². The summed E-state index contributed by atoms with van der Waals surface area (Å²) in [5.41, 5.74) is 0.245. The molecule has 0 radical (unpaired) electrons. The summed E-state index contributed by atoms with van der Waals surface area (Å²) >= 11 is 12.0. The fourth-order valence-corrected chi connectivity index (χ4v) is 2.61. The first-order valence-corrected chi connectivity index (χ1v) is 6.99. The Bertz CT molecular complexity index is 713. The van der Waals surface area contributed by atoms with E-state index in [2.05, 4.69) is 4.98 Å². The minimum Gasteiger partial charge on any atom is -0.478 e. The lowest BCUT2D eigenvalue weighted by Gasteiger charge is -2.16. The van der Waals surface area contributed by atoms with E-state index in [1.54, 1.807) is 13.0 Å². The third kappa shape index (κ3) is 3.37. The number of hydrogen-bond donors (Lipinski definition) is 1. The van der Waals surface area contributed by atoms with Crippen LogP contribution in [0.3, 0.4) is 0 Å². The lowest BCUT2D eigenvalue weighted by molar-refractivity contribution is 0.0332. The number of carbonyl (C=O) groups is 2. The van der Waals surface area contributed by atoms with Gasteiger partial charge in [0.05, 0.1) is 21.2 Å². The highest BCUT2D eigenvalue weighted by Gasteiger charge is 2.22. The Kier molecular flexibility index (Phi) is 5.00. The fourth-order valence-electron chi connectivity index (χ4n) is 1.94. The number of aromatic carboxylic acids is 1. The predicted octanol–water partition coefficient (Wildman–Crippen LogP) is 4.00. The van der Waals surface area contributed by atoms with Gasteiger partial charge in [-0.2, -0.15) is 0 Å². The minimum absolute atomic E-state index is 0.0387. The van der Waals surface area contributed by atoms with E-state index in [1.165, 1.54) is 30.6 Å². The van der Waals surface area contributed by atoms with Crippen molar-refractivity contribution in [3.05, 3.63) is 63.4 Å². The van der Waals surface area contributed by atoms with E-state index in [1.807, 2.05) is 0 Å². The Hall–Kier alpha value is -2.11. The standard InChI is InChI=1S/C15H11Cl2NO4/c1-8(13-11(16)6-18-7-12(13)17)22-15(21)10-5-3-2-4-9(10)14(19)20/h2-8H,1H3,(H,19,20). The van der Waals surface area contributed by atoms with Crippen LogP contribution in [-0.2, 0) is 4.74 Å². The summed E-state index contributed by atoms with van der Waals surface area (Å²) in [7, 11) is 0. The van der Waals surface area contributed by atoms with Crippen molar-refractivity contribution in [3.63, 3.8) is 0 Å². The van der Waals surface area contributed by atoms with Gasteiger partial charge < -0.3 is 9.84 Å². The van der Waals surface area contributed by atoms with Crippen LogP contribution in [0.2, 0.25) is 10.0 Å². The van der Waals surface area contributed by atoms with Crippen LogP contribution in [0.25, 0.3) is 0 Å². The normalized spacial score (nSPS) is 11.8. The summed E-state index contributed by atoms with van der Waals surface area (Å²) in [5, 5.41) is 9.62. The molecule has 0 saturated carbocycles. The zero-order valence-electron chi connectivity index (χ0n) is 11.4. The van der Waals surface area contributed by atoms with Crippen molar-refractivity contribution in [2.45, 2.75) is 13.0 Å². The average molecular weight is 340 g/mol. The molecule has 0 fully saturated rings. The van der Waals surface area contributed by atoms with Gasteiger partial charge >= 0.3 is 11.9 Å². The van der Waals surface area contributed by atoms with Gasteiger partial charge in [-0.25, -0.2) is 9.59 Å². The number of halogens is 2. The molecule has 1 atom stereocenters. The number of esters is 1. The van der Waals surface area contributed by atoms with E-state index in [9.17, 15) is 9.59 Å².